The van der Waals surface area contributed by atoms with Crippen LogP contribution in [0.5, 0.6) is 0 Å². The Labute approximate surface area is 309 Å². The zero-order chi connectivity index (χ0) is 38.2. The predicted molar refractivity (Wildman–Crippen MR) is 181 cm³/mol. The van der Waals surface area contributed by atoms with Gasteiger partial charge in [0.1, 0.15) is 55.4 Å². The van der Waals surface area contributed by atoms with Crippen LogP contribution in [-0.2, 0) is 38.0 Å². The Morgan fingerprint density at radius 3 is 2.30 bits per heavy atom. The van der Waals surface area contributed by atoms with Crippen molar-refractivity contribution in [2.45, 2.75) is 165 Å². The molecule has 300 valence electrons. The number of carbonyl (C=O) groups excluding carboxylic acids is 2. The first-order valence-electron chi connectivity index (χ1n) is 19.5. The van der Waals surface area contributed by atoms with E-state index in [9.17, 15) is 45.3 Å². The molecule has 15 nitrogen and oxygen atoms in total. The third-order valence-corrected chi connectivity index (χ3v) is 14.7. The van der Waals surface area contributed by atoms with Gasteiger partial charge in [0.15, 0.2) is 12.6 Å². The molecule has 7 aliphatic rings. The molecule has 2 saturated heterocycles. The van der Waals surface area contributed by atoms with E-state index in [1.165, 1.54) is 6.08 Å². The normalized spacial score (nSPS) is 52.5. The van der Waals surface area contributed by atoms with Crippen molar-refractivity contribution in [1.82, 2.24) is 0 Å². The third kappa shape index (κ3) is 6.49. The SMILES string of the molecule is CCC(=O)O[C@H]1C[C@]2(O)[C@@H]3CC[C@@H]4C[C@@H](O[C@@H]5O[C@@H](C)[C@H](O[C@@H]6O[C@H](CO)[C@@H](O)[C@H](O)[C@H]6O)[C@@H](O)[C@H]5O)CC[C@]4(C)[C@H]3CC[C@]2(C)[C@H]1C1=CC(=O)OC1. The topological polar surface area (TPSA) is 231 Å². The average Bonchev–Trinajstić information content (AvgIpc) is 3.65. The van der Waals surface area contributed by atoms with E-state index in [1.54, 1.807) is 13.8 Å². The monoisotopic (exact) mass is 754 g/mol. The zero-order valence-corrected chi connectivity index (χ0v) is 31.0. The molecule has 0 spiro atoms. The quantitative estimate of drug-likeness (QED) is 0.130. The van der Waals surface area contributed by atoms with Crippen LogP contribution >= 0.6 is 0 Å². The Morgan fingerprint density at radius 2 is 1.62 bits per heavy atom. The molecule has 4 aliphatic carbocycles. The number of fused-ring (bicyclic) bond motifs is 5. The maximum atomic E-state index is 12.9. The Bertz CT molecular complexity index is 1410. The Balaban J connectivity index is 1.01. The molecule has 19 atom stereocenters. The van der Waals surface area contributed by atoms with Crippen molar-refractivity contribution in [3.8, 4) is 0 Å². The van der Waals surface area contributed by atoms with Gasteiger partial charge in [0, 0.05) is 30.3 Å². The minimum absolute atomic E-state index is 0.0217. The van der Waals surface area contributed by atoms with Crippen LogP contribution in [0.4, 0.5) is 0 Å². The van der Waals surface area contributed by atoms with Gasteiger partial charge in [-0.3, -0.25) is 4.79 Å². The Hall–Kier alpha value is -1.76. The van der Waals surface area contributed by atoms with E-state index in [2.05, 4.69) is 13.8 Å². The van der Waals surface area contributed by atoms with E-state index in [4.69, 9.17) is 28.4 Å². The average molecular weight is 755 g/mol. The molecule has 15 heteroatoms. The number of aliphatic hydroxyl groups is 7. The fraction of sp³-hybridized carbons (Fsp3) is 0.895. The van der Waals surface area contributed by atoms with E-state index in [1.807, 2.05) is 0 Å². The zero-order valence-electron chi connectivity index (χ0n) is 31.0. The lowest BCUT2D eigenvalue weighted by Crippen LogP contribution is -2.64. The number of ether oxygens (including phenoxy) is 6. The largest absolute Gasteiger partial charge is 0.462 e. The third-order valence-electron chi connectivity index (χ3n) is 14.7. The summed E-state index contributed by atoms with van der Waals surface area (Å²) < 4.78 is 34.9. The van der Waals surface area contributed by atoms with Crippen LogP contribution in [0.15, 0.2) is 11.6 Å². The summed E-state index contributed by atoms with van der Waals surface area (Å²) in [4.78, 5) is 24.7. The summed E-state index contributed by atoms with van der Waals surface area (Å²) in [6, 6.07) is 0. The summed E-state index contributed by atoms with van der Waals surface area (Å²) in [6.07, 6.45) is -7.08. The lowest BCUT2D eigenvalue weighted by atomic mass is 9.43. The van der Waals surface area contributed by atoms with E-state index in [0.29, 0.717) is 25.7 Å². The van der Waals surface area contributed by atoms with E-state index >= 15 is 0 Å². The summed E-state index contributed by atoms with van der Waals surface area (Å²) in [5.41, 5.74) is -1.01. The van der Waals surface area contributed by atoms with Crippen LogP contribution in [0.2, 0.25) is 0 Å². The highest BCUT2D eigenvalue weighted by Gasteiger charge is 2.71. The molecule has 3 aliphatic heterocycles. The molecular formula is C38H58O15. The van der Waals surface area contributed by atoms with Crippen LogP contribution in [-0.4, -0.2) is 140 Å². The second kappa shape index (κ2) is 14.6. The molecule has 7 rings (SSSR count). The van der Waals surface area contributed by atoms with Crippen molar-refractivity contribution in [2.75, 3.05) is 13.2 Å². The maximum Gasteiger partial charge on any atom is 0.331 e. The van der Waals surface area contributed by atoms with Crippen LogP contribution in [0.3, 0.4) is 0 Å². The first kappa shape index (κ1) is 39.5. The lowest BCUT2D eigenvalue weighted by molar-refractivity contribution is -0.360. The summed E-state index contributed by atoms with van der Waals surface area (Å²) >= 11 is 0. The molecule has 4 saturated carbocycles. The molecule has 0 unspecified atom stereocenters. The van der Waals surface area contributed by atoms with Gasteiger partial charge in [0.2, 0.25) is 0 Å². The predicted octanol–water partition coefficient (Wildman–Crippen LogP) is 0.212. The van der Waals surface area contributed by atoms with Crippen LogP contribution in [0, 0.1) is 34.5 Å². The fourth-order valence-electron chi connectivity index (χ4n) is 11.7. The van der Waals surface area contributed by atoms with Gasteiger partial charge >= 0.3 is 11.9 Å². The van der Waals surface area contributed by atoms with E-state index < -0.39 is 91.1 Å². The number of aliphatic hydroxyl groups excluding tert-OH is 6. The number of carbonyl (C=O) groups is 2. The van der Waals surface area contributed by atoms with Crippen molar-refractivity contribution in [3.05, 3.63) is 11.6 Å². The highest BCUT2D eigenvalue weighted by Crippen LogP contribution is 2.70. The van der Waals surface area contributed by atoms with Crippen LogP contribution < -0.4 is 0 Å². The number of cyclic esters (lactones) is 1. The smallest absolute Gasteiger partial charge is 0.331 e. The second-order valence-electron chi connectivity index (χ2n) is 17.3. The van der Waals surface area contributed by atoms with Gasteiger partial charge < -0.3 is 64.2 Å². The lowest BCUT2D eigenvalue weighted by Gasteiger charge is -2.63. The van der Waals surface area contributed by atoms with Gasteiger partial charge in [-0.25, -0.2) is 4.79 Å². The fourth-order valence-corrected chi connectivity index (χ4v) is 11.7. The Morgan fingerprint density at radius 1 is 0.906 bits per heavy atom. The van der Waals surface area contributed by atoms with E-state index in [0.717, 1.165) is 31.3 Å². The first-order valence-corrected chi connectivity index (χ1v) is 19.5. The van der Waals surface area contributed by atoms with Gasteiger partial charge in [0.05, 0.1) is 24.4 Å². The molecule has 0 radical (unpaired) electrons. The number of hydrogen-bond donors (Lipinski definition) is 7. The molecule has 0 bridgehead atoms. The first-order chi connectivity index (χ1) is 25.1. The molecular weight excluding hydrogens is 696 g/mol. The van der Waals surface area contributed by atoms with Gasteiger partial charge in [0.25, 0.3) is 0 Å². The second-order valence-corrected chi connectivity index (χ2v) is 17.3. The summed E-state index contributed by atoms with van der Waals surface area (Å²) in [5, 5.41) is 75.3. The molecule has 53 heavy (non-hydrogen) atoms. The van der Waals surface area contributed by atoms with Crippen molar-refractivity contribution in [1.29, 1.82) is 0 Å². The van der Waals surface area contributed by atoms with Gasteiger partial charge in [-0.1, -0.05) is 20.8 Å². The number of esters is 2. The standard InChI is InChI=1S/C38H58O15/c1-5-25(40)51-23-14-38(47)22-7-6-19-13-20(8-10-36(19,3)21(22)9-11-37(38,4)27(23)18-12-26(41)48-16-18)50-34-32(46)30(44)33(17(2)49-34)53-35-31(45)29(43)28(42)24(15-39)52-35/h12,17,19-24,27-35,39,42-47H,5-11,13-16H2,1-4H3/t17-,19+,20-,21-,22+,23-,24+,27-,28+,29-,30-,31+,32+,33-,34-,35-,36-,37+,38-/m0/s1. The van der Waals surface area contributed by atoms with Gasteiger partial charge in [-0.2, -0.15) is 0 Å². The van der Waals surface area contributed by atoms with Crippen molar-refractivity contribution < 1.29 is 73.8 Å². The minimum Gasteiger partial charge on any atom is -0.462 e. The molecule has 0 aromatic carbocycles. The summed E-state index contributed by atoms with van der Waals surface area (Å²) in [7, 11) is 0. The highest BCUT2D eigenvalue weighted by atomic mass is 16.7. The minimum atomic E-state index is -1.68. The number of hydrogen-bond acceptors (Lipinski definition) is 15. The Kier molecular flexibility index (Phi) is 10.9. The molecule has 0 aromatic rings. The van der Waals surface area contributed by atoms with Crippen molar-refractivity contribution in [2.24, 2.45) is 34.5 Å². The van der Waals surface area contributed by atoms with E-state index in [-0.39, 0.29) is 54.2 Å². The highest BCUT2D eigenvalue weighted by molar-refractivity contribution is 5.85. The molecule has 7 N–H and O–H groups in total. The van der Waals surface area contributed by atoms with Crippen molar-refractivity contribution >= 4 is 11.9 Å². The molecule has 0 aromatic heterocycles. The molecule has 0 amide bonds. The summed E-state index contributed by atoms with van der Waals surface area (Å²) in [5.74, 6) is -0.575. The summed E-state index contributed by atoms with van der Waals surface area (Å²) in [6.45, 7) is 7.30. The van der Waals surface area contributed by atoms with Gasteiger partial charge in [-0.15, -0.1) is 0 Å². The van der Waals surface area contributed by atoms with Crippen molar-refractivity contribution in [3.63, 3.8) is 0 Å². The number of rotatable bonds is 8. The maximum absolute atomic E-state index is 12.9. The molecule has 6 fully saturated rings. The van der Waals surface area contributed by atoms with Crippen LogP contribution in [0.25, 0.3) is 0 Å². The van der Waals surface area contributed by atoms with Gasteiger partial charge in [-0.05, 0) is 80.6 Å². The van der Waals surface area contributed by atoms with Crippen LogP contribution in [0.1, 0.15) is 85.5 Å². The molecule has 3 heterocycles.